The summed E-state index contributed by atoms with van der Waals surface area (Å²) in [7, 11) is 0. The number of benzene rings is 1. The number of piperidine rings is 1. The lowest BCUT2D eigenvalue weighted by molar-refractivity contribution is -0.120. The smallest absolute Gasteiger partial charge is 0.228 e. The summed E-state index contributed by atoms with van der Waals surface area (Å²) in [5, 5.41) is 7.71. The molecule has 1 fully saturated rings. The van der Waals surface area contributed by atoms with Gasteiger partial charge in [0.15, 0.2) is 10.9 Å². The highest BCUT2D eigenvalue weighted by Gasteiger charge is 2.27. The summed E-state index contributed by atoms with van der Waals surface area (Å²) in [6.07, 6.45) is 1.63. The van der Waals surface area contributed by atoms with Crippen molar-refractivity contribution in [3.63, 3.8) is 0 Å². The molecule has 0 unspecified atom stereocenters. The Morgan fingerprint density at radius 2 is 2.08 bits per heavy atom. The predicted octanol–water partition coefficient (Wildman–Crippen LogP) is 3.76. The molecule has 1 N–H and O–H groups in total. The van der Waals surface area contributed by atoms with Gasteiger partial charge in [-0.3, -0.25) is 4.79 Å². The van der Waals surface area contributed by atoms with Crippen molar-refractivity contribution in [1.29, 1.82) is 0 Å². The van der Waals surface area contributed by atoms with Crippen LogP contribution in [0.5, 0.6) is 0 Å². The summed E-state index contributed by atoms with van der Waals surface area (Å²) in [5.41, 5.74) is 2.30. The zero-order valence-electron chi connectivity index (χ0n) is 14.3. The number of hydrogen-bond acceptors (Lipinski definition) is 6. The predicted molar refractivity (Wildman–Crippen MR) is 99.2 cm³/mol. The van der Waals surface area contributed by atoms with E-state index < -0.39 is 0 Å². The Morgan fingerprint density at radius 1 is 1.28 bits per heavy atom. The van der Waals surface area contributed by atoms with Crippen molar-refractivity contribution in [1.82, 2.24) is 10.1 Å². The number of nitrogens with one attached hydrogen (secondary N) is 1. The van der Waals surface area contributed by atoms with Gasteiger partial charge < -0.3 is 14.7 Å². The molecule has 130 valence electrons. The Labute approximate surface area is 149 Å². The molecule has 0 spiro atoms. The first-order valence-electron chi connectivity index (χ1n) is 8.45. The van der Waals surface area contributed by atoms with E-state index in [2.05, 4.69) is 40.5 Å². The largest absolute Gasteiger partial charge is 0.360 e. The van der Waals surface area contributed by atoms with Gasteiger partial charge in [0, 0.05) is 25.1 Å². The summed E-state index contributed by atoms with van der Waals surface area (Å²) in [6, 6.07) is 8.07. The lowest BCUT2D eigenvalue weighted by Crippen LogP contribution is -2.38. The van der Waals surface area contributed by atoms with E-state index in [1.165, 1.54) is 10.3 Å². The Kier molecular flexibility index (Phi) is 4.17. The first-order valence-corrected chi connectivity index (χ1v) is 9.26. The molecule has 0 saturated carbocycles. The van der Waals surface area contributed by atoms with Crippen LogP contribution in [0.25, 0.3) is 10.2 Å². The van der Waals surface area contributed by atoms with Crippen molar-refractivity contribution in [2.45, 2.75) is 26.7 Å². The molecule has 1 aliphatic heterocycles. The molecule has 0 aliphatic carbocycles. The quantitative estimate of drug-likeness (QED) is 0.774. The van der Waals surface area contributed by atoms with Gasteiger partial charge >= 0.3 is 0 Å². The minimum absolute atomic E-state index is 0.00452. The zero-order valence-corrected chi connectivity index (χ0v) is 15.1. The van der Waals surface area contributed by atoms with Gasteiger partial charge in [-0.15, -0.1) is 0 Å². The van der Waals surface area contributed by atoms with E-state index in [9.17, 15) is 4.79 Å². The monoisotopic (exact) mass is 356 g/mol. The Balaban J connectivity index is 1.39. The van der Waals surface area contributed by atoms with Crippen molar-refractivity contribution < 1.29 is 9.32 Å². The van der Waals surface area contributed by atoms with Gasteiger partial charge in [0.2, 0.25) is 5.91 Å². The van der Waals surface area contributed by atoms with Crippen LogP contribution >= 0.6 is 11.3 Å². The Hall–Kier alpha value is -2.41. The number of aryl methyl sites for hydroxylation is 2. The van der Waals surface area contributed by atoms with Gasteiger partial charge in [0.25, 0.3) is 0 Å². The van der Waals surface area contributed by atoms with Gasteiger partial charge in [-0.1, -0.05) is 22.6 Å². The molecular formula is C18H20N4O2S. The Bertz CT molecular complexity index is 909. The number of fused-ring (bicyclic) bond motifs is 1. The normalized spacial score (nSPS) is 15.7. The number of amides is 1. The fraction of sp³-hybridized carbons (Fsp3) is 0.389. The molecule has 4 rings (SSSR count). The highest BCUT2D eigenvalue weighted by Crippen LogP contribution is 2.32. The third-order valence-corrected chi connectivity index (χ3v) is 5.63. The fourth-order valence-corrected chi connectivity index (χ4v) is 4.26. The highest BCUT2D eigenvalue weighted by atomic mass is 32.1. The minimum Gasteiger partial charge on any atom is -0.360 e. The summed E-state index contributed by atoms with van der Waals surface area (Å²) in [5.74, 6) is 1.21. The van der Waals surface area contributed by atoms with Gasteiger partial charge in [-0.2, -0.15) is 0 Å². The fourth-order valence-electron chi connectivity index (χ4n) is 3.14. The second-order valence-corrected chi connectivity index (χ2v) is 7.55. The molecule has 25 heavy (non-hydrogen) atoms. The van der Waals surface area contributed by atoms with E-state index in [-0.39, 0.29) is 11.8 Å². The molecule has 1 saturated heterocycles. The maximum atomic E-state index is 12.4. The molecule has 2 aromatic heterocycles. The zero-order chi connectivity index (χ0) is 17.4. The molecule has 7 heteroatoms. The van der Waals surface area contributed by atoms with Crippen LogP contribution in [-0.2, 0) is 4.79 Å². The van der Waals surface area contributed by atoms with Crippen molar-refractivity contribution >= 4 is 38.4 Å². The van der Waals surface area contributed by atoms with E-state index in [0.29, 0.717) is 11.6 Å². The van der Waals surface area contributed by atoms with E-state index >= 15 is 0 Å². The van der Waals surface area contributed by atoms with Crippen molar-refractivity contribution in [2.24, 2.45) is 5.92 Å². The number of aromatic nitrogens is 2. The van der Waals surface area contributed by atoms with Gasteiger partial charge in [-0.05, 0) is 44.4 Å². The average molecular weight is 356 g/mol. The SMILES string of the molecule is Cc1ccc2nc(N3CCC(C(=O)Nc4cc(C)on4)CC3)sc2c1. The number of anilines is 2. The van der Waals surface area contributed by atoms with Gasteiger partial charge in [-0.25, -0.2) is 4.98 Å². The summed E-state index contributed by atoms with van der Waals surface area (Å²) in [4.78, 5) is 19.4. The summed E-state index contributed by atoms with van der Waals surface area (Å²) < 4.78 is 6.20. The molecule has 0 atom stereocenters. The number of nitrogens with zero attached hydrogens (tertiary/aromatic N) is 3. The average Bonchev–Trinajstić information content (AvgIpc) is 3.20. The van der Waals surface area contributed by atoms with Crippen LogP contribution in [-0.4, -0.2) is 29.1 Å². The molecule has 0 radical (unpaired) electrons. The number of carbonyl (C=O) groups excluding carboxylic acids is 1. The minimum atomic E-state index is 0.00452. The maximum absolute atomic E-state index is 12.4. The lowest BCUT2D eigenvalue weighted by Gasteiger charge is -2.30. The number of hydrogen-bond donors (Lipinski definition) is 1. The van der Waals surface area contributed by atoms with Crippen molar-refractivity contribution in [3.8, 4) is 0 Å². The van der Waals surface area contributed by atoms with Crippen LogP contribution in [0.3, 0.4) is 0 Å². The van der Waals surface area contributed by atoms with Gasteiger partial charge in [0.1, 0.15) is 5.76 Å². The molecule has 3 heterocycles. The van der Waals surface area contributed by atoms with Crippen molar-refractivity contribution in [2.75, 3.05) is 23.3 Å². The lowest BCUT2D eigenvalue weighted by atomic mass is 9.96. The topological polar surface area (TPSA) is 71.3 Å². The van der Waals surface area contributed by atoms with Gasteiger partial charge in [0.05, 0.1) is 10.2 Å². The van der Waals surface area contributed by atoms with E-state index in [4.69, 9.17) is 9.51 Å². The molecule has 1 amide bonds. The molecule has 1 aromatic carbocycles. The summed E-state index contributed by atoms with van der Waals surface area (Å²) >= 11 is 1.72. The highest BCUT2D eigenvalue weighted by molar-refractivity contribution is 7.22. The number of carbonyl (C=O) groups is 1. The first-order chi connectivity index (χ1) is 12.1. The Morgan fingerprint density at radius 3 is 2.80 bits per heavy atom. The first kappa shape index (κ1) is 16.1. The van der Waals surface area contributed by atoms with Crippen LogP contribution in [0.15, 0.2) is 28.8 Å². The number of thiazole rings is 1. The van der Waals surface area contributed by atoms with E-state index in [0.717, 1.165) is 36.6 Å². The third kappa shape index (κ3) is 3.37. The van der Waals surface area contributed by atoms with Crippen LogP contribution in [0.2, 0.25) is 0 Å². The second-order valence-electron chi connectivity index (χ2n) is 6.54. The van der Waals surface area contributed by atoms with Crippen LogP contribution < -0.4 is 10.2 Å². The molecule has 1 aliphatic rings. The van der Waals surface area contributed by atoms with Crippen LogP contribution in [0, 0.1) is 19.8 Å². The maximum Gasteiger partial charge on any atom is 0.228 e. The molecule has 0 bridgehead atoms. The molecule has 6 nitrogen and oxygen atoms in total. The summed E-state index contributed by atoms with van der Waals surface area (Å²) in [6.45, 7) is 5.59. The van der Waals surface area contributed by atoms with Crippen LogP contribution in [0.1, 0.15) is 24.2 Å². The molecular weight excluding hydrogens is 336 g/mol. The van der Waals surface area contributed by atoms with Crippen molar-refractivity contribution in [3.05, 3.63) is 35.6 Å². The third-order valence-electron chi connectivity index (χ3n) is 4.55. The standard InChI is InChI=1S/C18H20N4O2S/c1-11-3-4-14-15(9-11)25-18(19-14)22-7-5-13(6-8-22)17(23)20-16-10-12(2)24-21-16/h3-4,9-10,13H,5-8H2,1-2H3,(H,20,21,23). The van der Waals surface area contributed by atoms with E-state index in [1.54, 1.807) is 24.3 Å². The van der Waals surface area contributed by atoms with Crippen LogP contribution in [0.4, 0.5) is 10.9 Å². The molecule has 3 aromatic rings. The van der Waals surface area contributed by atoms with E-state index in [1.807, 2.05) is 0 Å². The number of rotatable bonds is 3. The second kappa shape index (κ2) is 6.48.